The number of rotatable bonds is 7. The van der Waals surface area contributed by atoms with Crippen LogP contribution in [0.5, 0.6) is 5.75 Å². The van der Waals surface area contributed by atoms with Gasteiger partial charge < -0.3 is 14.3 Å². The number of aryl methyl sites for hydroxylation is 2. The number of aromatic carboxylic acids is 1. The summed E-state index contributed by atoms with van der Waals surface area (Å²) >= 11 is 0. The van der Waals surface area contributed by atoms with Crippen LogP contribution in [-0.2, 0) is 19.4 Å². The fraction of sp³-hybridized carbons (Fsp3) is 0.150. The lowest BCUT2D eigenvalue weighted by atomic mass is 10.1. The van der Waals surface area contributed by atoms with Gasteiger partial charge in [-0.15, -0.1) is 0 Å². The van der Waals surface area contributed by atoms with E-state index in [1.807, 2.05) is 24.3 Å². The lowest BCUT2D eigenvalue weighted by Gasteiger charge is -2.07. The van der Waals surface area contributed by atoms with E-state index in [0.29, 0.717) is 18.8 Å². The Hall–Kier alpha value is -3.08. The first-order chi connectivity index (χ1) is 12.1. The monoisotopic (exact) mass is 340 g/mol. The Morgan fingerprint density at radius 3 is 2.24 bits per heavy atom. The largest absolute Gasteiger partial charge is 0.489 e. The lowest BCUT2D eigenvalue weighted by Crippen LogP contribution is -1.96. The standard InChI is InChI=1S/C20H17FO4/c21-16-6-1-15(2-7-16)13-24-17-8-3-14(4-9-17)5-10-18-11-12-19(25-18)20(22)23/h1-4,6-9,11-12H,5,10,13H2,(H,22,23). The zero-order valence-corrected chi connectivity index (χ0v) is 13.4. The van der Waals surface area contributed by atoms with Crippen LogP contribution in [0.15, 0.2) is 65.1 Å². The highest BCUT2D eigenvalue weighted by Crippen LogP contribution is 2.17. The zero-order chi connectivity index (χ0) is 17.6. The molecule has 0 spiro atoms. The molecule has 1 heterocycles. The van der Waals surface area contributed by atoms with Gasteiger partial charge in [-0.3, -0.25) is 0 Å². The number of carboxylic acid groups (broad SMARTS) is 1. The molecule has 0 aliphatic carbocycles. The minimum atomic E-state index is -1.06. The summed E-state index contributed by atoms with van der Waals surface area (Å²) in [5.74, 6) is 0.0156. The minimum Gasteiger partial charge on any atom is -0.489 e. The summed E-state index contributed by atoms with van der Waals surface area (Å²) < 4.78 is 23.8. The van der Waals surface area contributed by atoms with E-state index in [2.05, 4.69) is 0 Å². The molecule has 25 heavy (non-hydrogen) atoms. The van der Waals surface area contributed by atoms with Gasteiger partial charge in [0.15, 0.2) is 0 Å². The Bertz CT molecular complexity index is 835. The molecule has 2 aromatic carbocycles. The Labute approximate surface area is 144 Å². The normalized spacial score (nSPS) is 10.6. The van der Waals surface area contributed by atoms with Crippen LogP contribution in [0.4, 0.5) is 4.39 Å². The fourth-order valence-corrected chi connectivity index (χ4v) is 2.39. The maximum atomic E-state index is 12.9. The van der Waals surface area contributed by atoms with Crippen molar-refractivity contribution in [3.05, 3.63) is 89.1 Å². The van der Waals surface area contributed by atoms with Gasteiger partial charge in [-0.25, -0.2) is 9.18 Å². The highest BCUT2D eigenvalue weighted by Gasteiger charge is 2.08. The van der Waals surface area contributed by atoms with Gasteiger partial charge in [-0.2, -0.15) is 0 Å². The summed E-state index contributed by atoms with van der Waals surface area (Å²) in [5, 5.41) is 8.83. The van der Waals surface area contributed by atoms with Crippen LogP contribution in [0.1, 0.15) is 27.4 Å². The first-order valence-electron chi connectivity index (χ1n) is 7.88. The predicted molar refractivity (Wildman–Crippen MR) is 90.2 cm³/mol. The number of halogens is 1. The summed E-state index contributed by atoms with van der Waals surface area (Å²) in [7, 11) is 0. The Balaban J connectivity index is 1.51. The third-order valence-corrected chi connectivity index (χ3v) is 3.77. The molecule has 5 heteroatoms. The SMILES string of the molecule is O=C(O)c1ccc(CCc2ccc(OCc3ccc(F)cc3)cc2)o1. The third-order valence-electron chi connectivity index (χ3n) is 3.77. The highest BCUT2D eigenvalue weighted by atomic mass is 19.1. The maximum absolute atomic E-state index is 12.9. The van der Waals surface area contributed by atoms with Crippen molar-refractivity contribution in [2.75, 3.05) is 0 Å². The van der Waals surface area contributed by atoms with Crippen LogP contribution in [0.25, 0.3) is 0 Å². The molecule has 0 bridgehead atoms. The van der Waals surface area contributed by atoms with Gasteiger partial charge in [0.1, 0.15) is 23.9 Å². The molecule has 0 aliphatic heterocycles. The number of hydrogen-bond donors (Lipinski definition) is 1. The molecule has 0 amide bonds. The summed E-state index contributed by atoms with van der Waals surface area (Å²) in [6.45, 7) is 0.379. The summed E-state index contributed by atoms with van der Waals surface area (Å²) in [4.78, 5) is 10.8. The second-order valence-corrected chi connectivity index (χ2v) is 5.63. The van der Waals surface area contributed by atoms with Gasteiger partial charge in [0.05, 0.1) is 0 Å². The quantitative estimate of drug-likeness (QED) is 0.689. The Morgan fingerprint density at radius 2 is 1.60 bits per heavy atom. The van der Waals surface area contributed by atoms with Crippen LogP contribution < -0.4 is 4.74 Å². The molecule has 0 saturated carbocycles. The average Bonchev–Trinajstić information content (AvgIpc) is 3.10. The Kier molecular flexibility index (Phi) is 5.14. The molecule has 0 aliphatic rings. The van der Waals surface area contributed by atoms with Gasteiger partial charge in [-0.1, -0.05) is 24.3 Å². The first kappa shape index (κ1) is 16.8. The van der Waals surface area contributed by atoms with Gasteiger partial charge in [0, 0.05) is 6.42 Å². The van der Waals surface area contributed by atoms with Crippen molar-refractivity contribution < 1.29 is 23.4 Å². The molecule has 0 atom stereocenters. The second kappa shape index (κ2) is 7.66. The van der Waals surface area contributed by atoms with Crippen molar-refractivity contribution >= 4 is 5.97 Å². The van der Waals surface area contributed by atoms with Gasteiger partial charge >= 0.3 is 5.97 Å². The molecule has 4 nitrogen and oxygen atoms in total. The number of benzene rings is 2. The summed E-state index contributed by atoms with van der Waals surface area (Å²) in [6, 6.07) is 17.0. The number of carbonyl (C=O) groups is 1. The molecular weight excluding hydrogens is 323 g/mol. The van der Waals surface area contributed by atoms with E-state index in [-0.39, 0.29) is 11.6 Å². The summed E-state index contributed by atoms with van der Waals surface area (Å²) in [5.41, 5.74) is 2.00. The highest BCUT2D eigenvalue weighted by molar-refractivity contribution is 5.84. The van der Waals surface area contributed by atoms with Crippen LogP contribution in [0, 0.1) is 5.82 Å². The smallest absolute Gasteiger partial charge is 0.371 e. The van der Waals surface area contributed by atoms with E-state index in [1.54, 1.807) is 18.2 Å². The Morgan fingerprint density at radius 1 is 0.920 bits per heavy atom. The number of carboxylic acids is 1. The van der Waals surface area contributed by atoms with Crippen LogP contribution in [0.3, 0.4) is 0 Å². The van der Waals surface area contributed by atoms with Gasteiger partial charge in [-0.05, 0) is 53.9 Å². The number of ether oxygens (including phenoxy) is 1. The summed E-state index contributed by atoms with van der Waals surface area (Å²) in [6.07, 6.45) is 1.37. The van der Waals surface area contributed by atoms with Crippen LogP contribution in [0.2, 0.25) is 0 Å². The molecule has 128 valence electrons. The zero-order valence-electron chi connectivity index (χ0n) is 13.4. The molecule has 0 saturated heterocycles. The molecule has 0 radical (unpaired) electrons. The van der Waals surface area contributed by atoms with Crippen molar-refractivity contribution in [1.82, 2.24) is 0 Å². The third kappa shape index (κ3) is 4.70. The molecule has 1 N–H and O–H groups in total. The maximum Gasteiger partial charge on any atom is 0.371 e. The van der Waals surface area contributed by atoms with Crippen LogP contribution in [-0.4, -0.2) is 11.1 Å². The van der Waals surface area contributed by atoms with E-state index in [1.165, 1.54) is 18.2 Å². The lowest BCUT2D eigenvalue weighted by molar-refractivity contribution is 0.0660. The second-order valence-electron chi connectivity index (χ2n) is 5.63. The molecule has 0 unspecified atom stereocenters. The number of hydrogen-bond acceptors (Lipinski definition) is 3. The van der Waals surface area contributed by atoms with Crippen molar-refractivity contribution in [2.24, 2.45) is 0 Å². The fourth-order valence-electron chi connectivity index (χ4n) is 2.39. The van der Waals surface area contributed by atoms with Crippen molar-refractivity contribution in [2.45, 2.75) is 19.4 Å². The topological polar surface area (TPSA) is 59.7 Å². The molecule has 1 aromatic heterocycles. The predicted octanol–water partition coefficient (Wildman–Crippen LogP) is 4.48. The number of furan rings is 1. The average molecular weight is 340 g/mol. The molecule has 3 rings (SSSR count). The molecule has 3 aromatic rings. The van der Waals surface area contributed by atoms with E-state index < -0.39 is 5.97 Å². The van der Waals surface area contributed by atoms with E-state index >= 15 is 0 Å². The van der Waals surface area contributed by atoms with Crippen LogP contribution >= 0.6 is 0 Å². The van der Waals surface area contributed by atoms with Crippen molar-refractivity contribution in [3.8, 4) is 5.75 Å². The molecule has 0 fully saturated rings. The van der Waals surface area contributed by atoms with E-state index in [9.17, 15) is 9.18 Å². The van der Waals surface area contributed by atoms with Crippen molar-refractivity contribution in [3.63, 3.8) is 0 Å². The molecular formula is C20H17FO4. The van der Waals surface area contributed by atoms with Gasteiger partial charge in [0.2, 0.25) is 5.76 Å². The minimum absolute atomic E-state index is 0.0421. The van der Waals surface area contributed by atoms with E-state index in [4.69, 9.17) is 14.3 Å². The van der Waals surface area contributed by atoms with Gasteiger partial charge in [0.25, 0.3) is 0 Å². The first-order valence-corrected chi connectivity index (χ1v) is 7.88. The van der Waals surface area contributed by atoms with Crippen molar-refractivity contribution in [1.29, 1.82) is 0 Å². The van der Waals surface area contributed by atoms with E-state index in [0.717, 1.165) is 23.3 Å².